The first-order chi connectivity index (χ1) is 7.36. The van der Waals surface area contributed by atoms with Crippen molar-refractivity contribution in [2.75, 3.05) is 0 Å². The van der Waals surface area contributed by atoms with E-state index in [4.69, 9.17) is 10.5 Å². The van der Waals surface area contributed by atoms with Gasteiger partial charge in [0.1, 0.15) is 0 Å². The number of hydrogen-bond acceptors (Lipinski definition) is 2. The first kappa shape index (κ1) is 9.74. The Bertz CT molecular complexity index is 608. The van der Waals surface area contributed by atoms with Crippen LogP contribution in [0.2, 0.25) is 0 Å². The van der Waals surface area contributed by atoms with Crippen molar-refractivity contribution in [2.45, 2.75) is 0 Å². The molecule has 1 aromatic heterocycles. The van der Waals surface area contributed by atoms with Gasteiger partial charge in [0.05, 0.1) is 0 Å². The van der Waals surface area contributed by atoms with Crippen LogP contribution in [0.3, 0.4) is 0 Å². The van der Waals surface area contributed by atoms with Crippen molar-refractivity contribution in [2.24, 2.45) is 0 Å². The molecule has 0 bridgehead atoms. The van der Waals surface area contributed by atoms with Gasteiger partial charge in [-0.25, -0.2) is 0 Å². The quantitative estimate of drug-likeness (QED) is 0.581. The monoisotopic (exact) mass is 258 g/mol. The molecule has 3 heteroatoms. The van der Waals surface area contributed by atoms with Crippen molar-refractivity contribution < 1.29 is 0 Å². The van der Waals surface area contributed by atoms with Gasteiger partial charge < -0.3 is 0 Å². The number of rotatable bonds is 1. The number of hydrogen-bond donors (Lipinski definition) is 0. The van der Waals surface area contributed by atoms with Crippen molar-refractivity contribution >= 4 is 29.7 Å². The minimum absolute atomic E-state index is 0.289. The molecule has 2 aromatic rings. The summed E-state index contributed by atoms with van der Waals surface area (Å²) in [5, 5.41) is 18.7. The molecule has 0 aliphatic heterocycles. The van der Waals surface area contributed by atoms with Crippen LogP contribution < -0.4 is 0 Å². The summed E-state index contributed by atoms with van der Waals surface area (Å²) in [6, 6.07) is 11.9. The second kappa shape index (κ2) is 4.15. The molecule has 0 spiro atoms. The normalized spacial score (nSPS) is 10.9. The van der Waals surface area contributed by atoms with Gasteiger partial charge in [-0.1, -0.05) is 0 Å². The van der Waals surface area contributed by atoms with Crippen molar-refractivity contribution in [3.05, 3.63) is 40.8 Å². The number of allylic oxidation sites excluding steroid dienone is 2. The van der Waals surface area contributed by atoms with Crippen LogP contribution in [0.4, 0.5) is 0 Å². The van der Waals surface area contributed by atoms with E-state index in [1.54, 1.807) is 0 Å². The fraction of sp³-hybridized carbons (Fsp3) is 0. The van der Waals surface area contributed by atoms with E-state index in [0.717, 1.165) is 5.56 Å². The fourth-order valence-corrected chi connectivity index (χ4v) is 3.39. The van der Waals surface area contributed by atoms with Gasteiger partial charge in [0.15, 0.2) is 0 Å². The van der Waals surface area contributed by atoms with E-state index in [2.05, 4.69) is 17.1 Å². The van der Waals surface area contributed by atoms with E-state index >= 15 is 0 Å². The van der Waals surface area contributed by atoms with Crippen LogP contribution in [0, 0.1) is 22.7 Å². The van der Waals surface area contributed by atoms with Gasteiger partial charge in [-0.15, -0.1) is 0 Å². The van der Waals surface area contributed by atoms with Gasteiger partial charge >= 0.3 is 93.2 Å². The van der Waals surface area contributed by atoms with Gasteiger partial charge in [0.25, 0.3) is 0 Å². The maximum atomic E-state index is 8.96. The molecule has 0 aliphatic rings. The van der Waals surface area contributed by atoms with E-state index in [1.165, 1.54) is 15.7 Å². The average Bonchev–Trinajstić information content (AvgIpc) is 2.73. The number of nitrogens with zero attached hydrogens (tertiary/aromatic N) is 2. The third kappa shape index (κ3) is 1.72. The van der Waals surface area contributed by atoms with E-state index in [1.807, 2.05) is 24.3 Å². The summed E-state index contributed by atoms with van der Waals surface area (Å²) in [5.74, 6) is 0. The molecule has 0 radical (unpaired) electrons. The van der Waals surface area contributed by atoms with Crippen LogP contribution in [0.15, 0.2) is 35.3 Å². The Morgan fingerprint density at radius 2 is 2.13 bits per heavy atom. The maximum absolute atomic E-state index is 8.96. The summed E-state index contributed by atoms with van der Waals surface area (Å²) in [7, 11) is 0. The van der Waals surface area contributed by atoms with Crippen LogP contribution >= 0.6 is 0 Å². The molecule has 0 aliphatic carbocycles. The Morgan fingerprint density at radius 3 is 2.87 bits per heavy atom. The molecule has 1 aromatic carbocycles. The van der Waals surface area contributed by atoms with Gasteiger partial charge in [-0.2, -0.15) is 0 Å². The minimum atomic E-state index is 0.289. The van der Waals surface area contributed by atoms with Crippen LogP contribution in [-0.2, 0) is 0 Å². The summed E-state index contributed by atoms with van der Waals surface area (Å²) < 4.78 is 1.20. The standard InChI is InChI=1S/C12H6N2Se/c13-6-4-10(8-14)11-3-1-2-9-5-7-15-12(9)11/h1-5,7H/b10-4+. The molecular formula is C12H6N2Se. The van der Waals surface area contributed by atoms with Crippen LogP contribution in [0.5, 0.6) is 0 Å². The summed E-state index contributed by atoms with van der Waals surface area (Å²) in [6.07, 6.45) is 1.31. The first-order valence-electron chi connectivity index (χ1n) is 4.33. The van der Waals surface area contributed by atoms with Crippen LogP contribution in [0.25, 0.3) is 15.2 Å². The van der Waals surface area contributed by atoms with Crippen molar-refractivity contribution in [1.29, 1.82) is 10.5 Å². The Morgan fingerprint density at radius 1 is 1.27 bits per heavy atom. The van der Waals surface area contributed by atoms with Gasteiger partial charge in [0, 0.05) is 0 Å². The van der Waals surface area contributed by atoms with Gasteiger partial charge in [-0.05, 0) is 0 Å². The van der Waals surface area contributed by atoms with Gasteiger partial charge in [-0.3, -0.25) is 0 Å². The molecule has 0 N–H and O–H groups in total. The van der Waals surface area contributed by atoms with E-state index in [0.29, 0.717) is 5.57 Å². The number of fused-ring (bicyclic) bond motifs is 1. The zero-order valence-corrected chi connectivity index (χ0v) is 9.48. The number of benzene rings is 1. The third-order valence-corrected chi connectivity index (χ3v) is 4.12. The summed E-state index contributed by atoms with van der Waals surface area (Å²) in [5.41, 5.74) is 1.36. The van der Waals surface area contributed by atoms with Crippen LogP contribution in [-0.4, -0.2) is 14.5 Å². The van der Waals surface area contributed by atoms with E-state index in [-0.39, 0.29) is 14.5 Å². The van der Waals surface area contributed by atoms with Crippen LogP contribution in [0.1, 0.15) is 5.56 Å². The molecule has 0 fully saturated rings. The SMILES string of the molecule is N#C/C=C(\C#N)c1cccc2cc[se]c12. The summed E-state index contributed by atoms with van der Waals surface area (Å²) in [6.45, 7) is 0. The fourth-order valence-electron chi connectivity index (χ4n) is 1.44. The first-order valence-corrected chi connectivity index (χ1v) is 6.18. The molecule has 0 saturated carbocycles. The Balaban J connectivity index is 2.72. The molecule has 0 amide bonds. The van der Waals surface area contributed by atoms with Crippen molar-refractivity contribution in [1.82, 2.24) is 0 Å². The topological polar surface area (TPSA) is 47.6 Å². The molecule has 0 unspecified atom stereocenters. The predicted octanol–water partition coefficient (Wildman–Crippen LogP) is 2.33. The predicted molar refractivity (Wildman–Crippen MR) is 60.1 cm³/mol. The molecule has 2 rings (SSSR count). The van der Waals surface area contributed by atoms with E-state index in [9.17, 15) is 0 Å². The Kier molecular flexibility index (Phi) is 2.70. The zero-order chi connectivity index (χ0) is 10.7. The Labute approximate surface area is 93.4 Å². The molecule has 0 atom stereocenters. The average molecular weight is 257 g/mol. The molecule has 1 heterocycles. The van der Waals surface area contributed by atoms with E-state index < -0.39 is 0 Å². The van der Waals surface area contributed by atoms with Crippen molar-refractivity contribution in [3.8, 4) is 12.1 Å². The second-order valence-corrected chi connectivity index (χ2v) is 4.87. The molecule has 2 nitrogen and oxygen atoms in total. The Hall–Kier alpha value is -1.80. The summed E-state index contributed by atoms with van der Waals surface area (Å²) in [4.78, 5) is 2.13. The molecule has 15 heavy (non-hydrogen) atoms. The zero-order valence-electron chi connectivity index (χ0n) is 7.77. The number of nitriles is 2. The van der Waals surface area contributed by atoms with Crippen molar-refractivity contribution in [3.63, 3.8) is 0 Å². The molecular weight excluding hydrogens is 251 g/mol. The van der Waals surface area contributed by atoms with Gasteiger partial charge in [0.2, 0.25) is 0 Å². The summed E-state index contributed by atoms with van der Waals surface area (Å²) >= 11 is 0.289. The molecule has 70 valence electrons. The molecule has 0 saturated heterocycles. The third-order valence-electron chi connectivity index (χ3n) is 2.10. The second-order valence-electron chi connectivity index (χ2n) is 2.94.